The quantitative estimate of drug-likeness (QED) is 0.610. The first-order chi connectivity index (χ1) is 11.7. The third-order valence-electron chi connectivity index (χ3n) is 3.55. The molecule has 0 aliphatic carbocycles. The zero-order chi connectivity index (χ0) is 18.6. The molecule has 0 aliphatic heterocycles. The summed E-state index contributed by atoms with van der Waals surface area (Å²) in [6.45, 7) is 5.97. The maximum Gasteiger partial charge on any atom is 0.410 e. The van der Waals surface area contributed by atoms with Gasteiger partial charge in [-0.05, 0) is 32.4 Å². The standard InChI is InChI=1S/C16H20ClN3O3S2/c1-10-13(24-14(19-10)20-15(21)22)9-18-25(23)16(2,3)8-11-6-4-5-7-12(11)17/h4-7,18H,8-9H2,1-3H3,(H,19,20)(H,21,22). The first kappa shape index (κ1) is 20.0. The number of halogens is 1. The minimum Gasteiger partial charge on any atom is -0.598 e. The van der Waals surface area contributed by atoms with Crippen molar-refractivity contribution in [1.29, 1.82) is 0 Å². The number of nitrogens with one attached hydrogen (secondary N) is 2. The van der Waals surface area contributed by atoms with E-state index in [2.05, 4.69) is 15.0 Å². The van der Waals surface area contributed by atoms with Crippen molar-refractivity contribution >= 4 is 45.5 Å². The number of aromatic nitrogens is 1. The van der Waals surface area contributed by atoms with E-state index in [1.54, 1.807) is 6.92 Å². The summed E-state index contributed by atoms with van der Waals surface area (Å²) in [7, 11) is 0. The van der Waals surface area contributed by atoms with Gasteiger partial charge >= 0.3 is 6.09 Å². The number of aryl methyl sites for hydroxylation is 1. The van der Waals surface area contributed by atoms with Crippen LogP contribution in [0.2, 0.25) is 5.02 Å². The average molecular weight is 402 g/mol. The largest absolute Gasteiger partial charge is 0.598 e. The van der Waals surface area contributed by atoms with E-state index in [4.69, 9.17) is 16.7 Å². The van der Waals surface area contributed by atoms with Crippen LogP contribution in [0.15, 0.2) is 24.3 Å². The SMILES string of the molecule is Cc1nc(NC(=O)O)sc1CN[S+]([O-])C(C)(C)Cc1ccccc1Cl. The fraction of sp³-hybridized carbons (Fsp3) is 0.375. The van der Waals surface area contributed by atoms with Gasteiger partial charge in [-0.3, -0.25) is 5.32 Å². The van der Waals surface area contributed by atoms with Gasteiger partial charge in [0.05, 0.1) is 12.2 Å². The molecule has 0 saturated heterocycles. The Bertz CT molecular complexity index is 752. The van der Waals surface area contributed by atoms with E-state index in [0.717, 1.165) is 10.4 Å². The number of hydrogen-bond donors (Lipinski definition) is 3. The van der Waals surface area contributed by atoms with E-state index in [0.29, 0.717) is 28.8 Å². The second-order valence-corrected chi connectivity index (χ2v) is 9.50. The smallest absolute Gasteiger partial charge is 0.410 e. The van der Waals surface area contributed by atoms with Crippen LogP contribution >= 0.6 is 22.9 Å². The predicted molar refractivity (Wildman–Crippen MR) is 103 cm³/mol. The van der Waals surface area contributed by atoms with Gasteiger partial charge in [0.15, 0.2) is 5.13 Å². The lowest BCUT2D eigenvalue weighted by Crippen LogP contribution is -2.43. The Labute approximate surface area is 158 Å². The number of carbonyl (C=O) groups is 1. The Morgan fingerprint density at radius 3 is 2.76 bits per heavy atom. The number of hydrogen-bond acceptors (Lipinski definition) is 5. The van der Waals surface area contributed by atoms with Crippen LogP contribution in [0.4, 0.5) is 9.93 Å². The van der Waals surface area contributed by atoms with Crippen molar-refractivity contribution in [3.63, 3.8) is 0 Å². The Kier molecular flexibility index (Phi) is 6.70. The molecule has 0 radical (unpaired) electrons. The molecular formula is C16H20ClN3O3S2. The molecule has 3 N–H and O–H groups in total. The second-order valence-electron chi connectivity index (χ2n) is 6.08. The molecule has 0 saturated carbocycles. The molecular weight excluding hydrogens is 382 g/mol. The van der Waals surface area contributed by atoms with Crippen molar-refractivity contribution in [1.82, 2.24) is 9.71 Å². The van der Waals surface area contributed by atoms with E-state index in [1.807, 2.05) is 38.1 Å². The fourth-order valence-corrected chi connectivity index (χ4v) is 4.37. The van der Waals surface area contributed by atoms with E-state index in [9.17, 15) is 9.35 Å². The molecule has 9 heteroatoms. The summed E-state index contributed by atoms with van der Waals surface area (Å²) >= 11 is 6.10. The molecule has 25 heavy (non-hydrogen) atoms. The number of rotatable bonds is 7. The minimum atomic E-state index is -1.32. The topological polar surface area (TPSA) is 97.3 Å². The van der Waals surface area contributed by atoms with Crippen LogP contribution in [0.3, 0.4) is 0 Å². The van der Waals surface area contributed by atoms with Gasteiger partial charge in [-0.2, -0.15) is 0 Å². The number of amides is 1. The van der Waals surface area contributed by atoms with E-state index >= 15 is 0 Å². The number of thiazole rings is 1. The number of benzene rings is 1. The molecule has 1 amide bonds. The third kappa shape index (κ3) is 5.58. The van der Waals surface area contributed by atoms with Crippen molar-refractivity contribution in [2.45, 2.75) is 38.5 Å². The zero-order valence-corrected chi connectivity index (χ0v) is 16.5. The normalized spacial score (nSPS) is 12.8. The van der Waals surface area contributed by atoms with Crippen LogP contribution in [-0.2, 0) is 24.3 Å². The molecule has 1 aromatic heterocycles. The summed E-state index contributed by atoms with van der Waals surface area (Å²) in [6, 6.07) is 7.52. The highest BCUT2D eigenvalue weighted by Gasteiger charge is 2.33. The summed E-state index contributed by atoms with van der Waals surface area (Å²) in [5.41, 5.74) is 1.66. The summed E-state index contributed by atoms with van der Waals surface area (Å²) in [4.78, 5) is 15.6. The van der Waals surface area contributed by atoms with Crippen molar-refractivity contribution in [3.05, 3.63) is 45.4 Å². The summed E-state index contributed by atoms with van der Waals surface area (Å²) in [6.07, 6.45) is -0.586. The van der Waals surface area contributed by atoms with Gasteiger partial charge in [-0.1, -0.05) is 41.1 Å². The highest BCUT2D eigenvalue weighted by molar-refractivity contribution is 7.90. The van der Waals surface area contributed by atoms with Crippen LogP contribution < -0.4 is 10.0 Å². The Hall–Kier alpha value is -1.32. The molecule has 2 aromatic rings. The first-order valence-electron chi connectivity index (χ1n) is 7.54. The Morgan fingerprint density at radius 2 is 2.12 bits per heavy atom. The summed E-state index contributed by atoms with van der Waals surface area (Å²) < 4.78 is 15.2. The molecule has 0 aliphatic rings. The fourth-order valence-electron chi connectivity index (χ4n) is 2.23. The maximum absolute atomic E-state index is 12.7. The molecule has 136 valence electrons. The van der Waals surface area contributed by atoms with Crippen molar-refractivity contribution in [2.75, 3.05) is 5.32 Å². The molecule has 0 spiro atoms. The zero-order valence-electron chi connectivity index (χ0n) is 14.1. The molecule has 0 fully saturated rings. The Morgan fingerprint density at radius 1 is 1.44 bits per heavy atom. The molecule has 2 rings (SSSR count). The van der Waals surface area contributed by atoms with Crippen LogP contribution in [0.25, 0.3) is 0 Å². The van der Waals surface area contributed by atoms with Gasteiger partial charge in [0.25, 0.3) is 0 Å². The lowest BCUT2D eigenvalue weighted by Gasteiger charge is -2.28. The molecule has 0 bridgehead atoms. The van der Waals surface area contributed by atoms with Gasteiger partial charge in [-0.25, -0.2) is 9.78 Å². The lowest BCUT2D eigenvalue weighted by atomic mass is 10.0. The van der Waals surface area contributed by atoms with Gasteiger partial charge in [0.1, 0.15) is 4.75 Å². The molecule has 1 atom stereocenters. The molecule has 1 unspecified atom stereocenters. The van der Waals surface area contributed by atoms with Crippen molar-refractivity contribution < 1.29 is 14.5 Å². The molecule has 6 nitrogen and oxygen atoms in total. The van der Waals surface area contributed by atoms with Gasteiger partial charge < -0.3 is 9.66 Å². The average Bonchev–Trinajstić information content (AvgIpc) is 2.85. The van der Waals surface area contributed by atoms with Gasteiger partial charge in [-0.15, -0.1) is 4.72 Å². The predicted octanol–water partition coefficient (Wildman–Crippen LogP) is 3.97. The number of carboxylic acid groups (broad SMARTS) is 1. The molecule has 1 heterocycles. The maximum atomic E-state index is 12.7. The van der Waals surface area contributed by atoms with E-state index < -0.39 is 22.2 Å². The van der Waals surface area contributed by atoms with E-state index in [-0.39, 0.29) is 0 Å². The monoisotopic (exact) mass is 401 g/mol. The van der Waals surface area contributed by atoms with Crippen LogP contribution in [0.1, 0.15) is 30.0 Å². The van der Waals surface area contributed by atoms with Crippen LogP contribution in [0.5, 0.6) is 0 Å². The van der Waals surface area contributed by atoms with Gasteiger partial charge in [0, 0.05) is 27.7 Å². The second kappa shape index (κ2) is 8.37. The first-order valence-corrected chi connectivity index (χ1v) is 9.88. The van der Waals surface area contributed by atoms with Crippen molar-refractivity contribution in [3.8, 4) is 0 Å². The van der Waals surface area contributed by atoms with Crippen LogP contribution in [0, 0.1) is 6.92 Å². The highest BCUT2D eigenvalue weighted by atomic mass is 35.5. The summed E-state index contributed by atoms with van der Waals surface area (Å²) in [5, 5.41) is 11.9. The highest BCUT2D eigenvalue weighted by Crippen LogP contribution is 2.27. The number of anilines is 1. The summed E-state index contributed by atoms with van der Waals surface area (Å²) in [5.74, 6) is 0. The number of nitrogens with zero attached hydrogens (tertiary/aromatic N) is 1. The van der Waals surface area contributed by atoms with Crippen LogP contribution in [-0.4, -0.2) is 25.5 Å². The van der Waals surface area contributed by atoms with E-state index in [1.165, 1.54) is 11.3 Å². The van der Waals surface area contributed by atoms with Gasteiger partial charge in [0.2, 0.25) is 0 Å². The minimum absolute atomic E-state index is 0.308. The van der Waals surface area contributed by atoms with Crippen molar-refractivity contribution in [2.24, 2.45) is 0 Å². The molecule has 1 aromatic carbocycles. The lowest BCUT2D eigenvalue weighted by molar-refractivity contribution is 0.209. The Balaban J connectivity index is 1.99. The third-order valence-corrected chi connectivity index (χ3v) is 6.54.